The van der Waals surface area contributed by atoms with Crippen LogP contribution in [0.4, 0.5) is 0 Å². The largest absolute Gasteiger partial charge is 0.454 e. The molecule has 2 aromatic heterocycles. The number of rotatable bonds is 6. The Bertz CT molecular complexity index is 1200. The average Bonchev–Trinajstić information content (AvgIpc) is 3.41. The second-order valence-corrected chi connectivity index (χ2v) is 7.12. The Hall–Kier alpha value is -3.87. The van der Waals surface area contributed by atoms with Gasteiger partial charge in [-0.1, -0.05) is 36.4 Å². The molecule has 0 atom stereocenters. The highest BCUT2D eigenvalue weighted by Crippen LogP contribution is 2.32. The second-order valence-electron chi connectivity index (χ2n) is 7.12. The van der Waals surface area contributed by atoms with E-state index >= 15 is 0 Å². The number of benzene rings is 2. The van der Waals surface area contributed by atoms with Crippen LogP contribution in [0.3, 0.4) is 0 Å². The van der Waals surface area contributed by atoms with Crippen LogP contribution in [0.5, 0.6) is 11.5 Å². The Morgan fingerprint density at radius 2 is 1.87 bits per heavy atom. The Morgan fingerprint density at radius 3 is 2.77 bits per heavy atom. The summed E-state index contributed by atoms with van der Waals surface area (Å²) in [5.74, 6) is 1.36. The average molecular weight is 400 g/mol. The highest BCUT2D eigenvalue weighted by Gasteiger charge is 2.14. The van der Waals surface area contributed by atoms with E-state index in [9.17, 15) is 4.79 Å². The number of fused-ring (bicyclic) bond motifs is 2. The molecule has 7 nitrogen and oxygen atoms in total. The lowest BCUT2D eigenvalue weighted by molar-refractivity contribution is 0.0954. The maximum absolute atomic E-state index is 12.5. The second kappa shape index (κ2) is 7.87. The maximum Gasteiger partial charge on any atom is 0.252 e. The quantitative estimate of drug-likeness (QED) is 0.538. The molecule has 0 bridgehead atoms. The molecule has 0 spiro atoms. The van der Waals surface area contributed by atoms with E-state index in [0.717, 1.165) is 33.7 Å². The summed E-state index contributed by atoms with van der Waals surface area (Å²) >= 11 is 0. The molecular formula is C23H20N4O3. The minimum absolute atomic E-state index is 0.152. The molecule has 1 aliphatic heterocycles. The first kappa shape index (κ1) is 18.2. The van der Waals surface area contributed by atoms with Crippen molar-refractivity contribution in [1.82, 2.24) is 20.1 Å². The predicted octanol–water partition coefficient (Wildman–Crippen LogP) is 3.18. The molecule has 4 aromatic rings. The molecule has 0 fully saturated rings. The lowest BCUT2D eigenvalue weighted by atomic mass is 10.1. The molecule has 0 unspecified atom stereocenters. The van der Waals surface area contributed by atoms with Crippen molar-refractivity contribution in [3.05, 3.63) is 83.7 Å². The summed E-state index contributed by atoms with van der Waals surface area (Å²) in [6, 6.07) is 17.7. The van der Waals surface area contributed by atoms with E-state index in [1.165, 1.54) is 0 Å². The summed E-state index contributed by atoms with van der Waals surface area (Å²) in [5.41, 5.74) is 3.51. The van der Waals surface area contributed by atoms with E-state index in [4.69, 9.17) is 9.47 Å². The third-order valence-corrected chi connectivity index (χ3v) is 5.05. The molecule has 0 saturated carbocycles. The van der Waals surface area contributed by atoms with Gasteiger partial charge in [-0.2, -0.15) is 5.10 Å². The van der Waals surface area contributed by atoms with Crippen molar-refractivity contribution < 1.29 is 14.3 Å². The topological polar surface area (TPSA) is 78.3 Å². The lowest BCUT2D eigenvalue weighted by Crippen LogP contribution is -2.25. The van der Waals surface area contributed by atoms with Crippen LogP contribution in [0.25, 0.3) is 11.0 Å². The number of ether oxygens (including phenoxy) is 2. The highest BCUT2D eigenvalue weighted by atomic mass is 16.7. The zero-order valence-corrected chi connectivity index (χ0v) is 16.2. The van der Waals surface area contributed by atoms with Gasteiger partial charge in [-0.15, -0.1) is 0 Å². The summed E-state index contributed by atoms with van der Waals surface area (Å²) in [6.45, 7) is 1.41. The fourth-order valence-corrected chi connectivity index (χ4v) is 3.49. The van der Waals surface area contributed by atoms with E-state index in [1.54, 1.807) is 12.4 Å². The zero-order chi connectivity index (χ0) is 20.3. The van der Waals surface area contributed by atoms with Crippen molar-refractivity contribution in [2.45, 2.75) is 13.0 Å². The Morgan fingerprint density at radius 1 is 1.00 bits per heavy atom. The molecule has 5 rings (SSSR count). The van der Waals surface area contributed by atoms with Gasteiger partial charge in [0, 0.05) is 18.1 Å². The van der Waals surface area contributed by atoms with Crippen molar-refractivity contribution in [1.29, 1.82) is 0 Å². The summed E-state index contributed by atoms with van der Waals surface area (Å²) in [5, 5.41) is 8.21. The molecule has 1 aliphatic rings. The Kier molecular flexibility index (Phi) is 4.77. The first-order valence-corrected chi connectivity index (χ1v) is 9.78. The number of aromatic nitrogens is 3. The number of hydrogen-bond donors (Lipinski definition) is 1. The van der Waals surface area contributed by atoms with E-state index in [0.29, 0.717) is 25.1 Å². The zero-order valence-electron chi connectivity index (χ0n) is 16.2. The van der Waals surface area contributed by atoms with Crippen molar-refractivity contribution in [3.63, 3.8) is 0 Å². The van der Waals surface area contributed by atoms with Crippen LogP contribution in [-0.4, -0.2) is 34.0 Å². The van der Waals surface area contributed by atoms with Gasteiger partial charge in [0.05, 0.1) is 18.3 Å². The number of nitrogens with zero attached hydrogens (tertiary/aromatic N) is 3. The third kappa shape index (κ3) is 3.69. The van der Waals surface area contributed by atoms with Gasteiger partial charge in [-0.25, -0.2) is 9.67 Å². The predicted molar refractivity (Wildman–Crippen MR) is 112 cm³/mol. The highest BCUT2D eigenvalue weighted by molar-refractivity contribution is 5.96. The van der Waals surface area contributed by atoms with Crippen LogP contribution in [0, 0.1) is 0 Å². The number of carbonyl (C=O) groups excluding carboxylic acids is 1. The monoisotopic (exact) mass is 400 g/mol. The summed E-state index contributed by atoms with van der Waals surface area (Å²) in [6.07, 6.45) is 4.04. The van der Waals surface area contributed by atoms with Crippen LogP contribution in [0.1, 0.15) is 21.5 Å². The SMILES string of the molecule is O=C(NCCc1ccc2c(c1)OCO2)c1cnc2c(cnn2Cc2ccccc2)c1. The van der Waals surface area contributed by atoms with Crippen LogP contribution in [0.2, 0.25) is 0 Å². The van der Waals surface area contributed by atoms with Gasteiger partial charge in [-0.05, 0) is 35.7 Å². The van der Waals surface area contributed by atoms with Crippen LogP contribution < -0.4 is 14.8 Å². The molecule has 0 aliphatic carbocycles. The molecule has 150 valence electrons. The minimum Gasteiger partial charge on any atom is -0.454 e. The smallest absolute Gasteiger partial charge is 0.252 e. The summed E-state index contributed by atoms with van der Waals surface area (Å²) in [7, 11) is 0. The van der Waals surface area contributed by atoms with Crippen LogP contribution in [0.15, 0.2) is 67.0 Å². The van der Waals surface area contributed by atoms with Crippen molar-refractivity contribution in [2.75, 3.05) is 13.3 Å². The van der Waals surface area contributed by atoms with E-state index in [1.807, 2.05) is 47.1 Å². The third-order valence-electron chi connectivity index (χ3n) is 5.05. The molecular weight excluding hydrogens is 380 g/mol. The minimum atomic E-state index is -0.152. The molecule has 1 N–H and O–H groups in total. The normalized spacial score (nSPS) is 12.3. The molecule has 2 aromatic carbocycles. The van der Waals surface area contributed by atoms with Crippen molar-refractivity contribution >= 4 is 16.9 Å². The van der Waals surface area contributed by atoms with Crippen LogP contribution >= 0.6 is 0 Å². The van der Waals surface area contributed by atoms with Crippen molar-refractivity contribution in [2.24, 2.45) is 0 Å². The van der Waals surface area contributed by atoms with Crippen molar-refractivity contribution in [3.8, 4) is 11.5 Å². The Balaban J connectivity index is 1.23. The number of amides is 1. The van der Waals surface area contributed by atoms with E-state index in [-0.39, 0.29) is 12.7 Å². The van der Waals surface area contributed by atoms with E-state index < -0.39 is 0 Å². The van der Waals surface area contributed by atoms with E-state index in [2.05, 4.69) is 27.5 Å². The number of nitrogens with one attached hydrogen (secondary N) is 1. The van der Waals surface area contributed by atoms with Gasteiger partial charge in [-0.3, -0.25) is 4.79 Å². The van der Waals surface area contributed by atoms with Gasteiger partial charge in [0.2, 0.25) is 6.79 Å². The van der Waals surface area contributed by atoms with Gasteiger partial charge in [0.1, 0.15) is 0 Å². The van der Waals surface area contributed by atoms with Crippen LogP contribution in [-0.2, 0) is 13.0 Å². The number of pyridine rings is 1. The molecule has 0 radical (unpaired) electrons. The van der Waals surface area contributed by atoms with Gasteiger partial charge in [0.25, 0.3) is 5.91 Å². The fourth-order valence-electron chi connectivity index (χ4n) is 3.49. The standard InChI is InChI=1S/C23H20N4O3/c28-23(24-9-8-16-6-7-20-21(10-16)30-15-29-20)19-11-18-13-26-27(22(18)25-12-19)14-17-4-2-1-3-5-17/h1-7,10-13H,8-9,14-15H2,(H,24,28). The Labute approximate surface area is 173 Å². The van der Waals surface area contributed by atoms with Gasteiger partial charge >= 0.3 is 0 Å². The molecule has 0 saturated heterocycles. The fraction of sp³-hybridized carbons (Fsp3) is 0.174. The van der Waals surface area contributed by atoms with Gasteiger partial charge in [0.15, 0.2) is 17.1 Å². The maximum atomic E-state index is 12.5. The first-order valence-electron chi connectivity index (χ1n) is 9.78. The molecule has 3 heterocycles. The molecule has 30 heavy (non-hydrogen) atoms. The molecule has 7 heteroatoms. The summed E-state index contributed by atoms with van der Waals surface area (Å²) in [4.78, 5) is 17.0. The van der Waals surface area contributed by atoms with Gasteiger partial charge < -0.3 is 14.8 Å². The number of carbonyl (C=O) groups is 1. The summed E-state index contributed by atoms with van der Waals surface area (Å²) < 4.78 is 12.5. The first-order chi connectivity index (χ1) is 14.8. The number of hydrogen-bond acceptors (Lipinski definition) is 5. The molecule has 1 amide bonds. The lowest BCUT2D eigenvalue weighted by Gasteiger charge is -2.07.